The number of carboxylic acid groups (broad SMARTS) is 1. The van der Waals surface area contributed by atoms with Crippen LogP contribution < -0.4 is 16.8 Å². The van der Waals surface area contributed by atoms with Crippen LogP contribution in [0.15, 0.2) is 12.1 Å². The van der Waals surface area contributed by atoms with Gasteiger partial charge in [-0.3, -0.25) is 14.4 Å². The van der Waals surface area contributed by atoms with Crippen molar-refractivity contribution in [3.8, 4) is 5.69 Å². The Bertz CT molecular complexity index is 1180. The zero-order chi connectivity index (χ0) is 28.0. The van der Waals surface area contributed by atoms with E-state index in [1.807, 2.05) is 6.07 Å². The molecule has 3 aliphatic carbocycles. The Morgan fingerprint density at radius 3 is 2.39 bits per heavy atom. The second-order valence-corrected chi connectivity index (χ2v) is 11.0. The van der Waals surface area contributed by atoms with Crippen LogP contribution in [0.1, 0.15) is 96.5 Å². The maximum absolute atomic E-state index is 15.1. The van der Waals surface area contributed by atoms with E-state index in [1.54, 1.807) is 0 Å². The Hall–Kier alpha value is -3.04. The summed E-state index contributed by atoms with van der Waals surface area (Å²) in [6.45, 7) is 3.98. The van der Waals surface area contributed by atoms with Crippen LogP contribution in [0.3, 0.4) is 0 Å². The molecule has 6 N–H and O–H groups in total. The third kappa shape index (κ3) is 6.32. The highest BCUT2D eigenvalue weighted by Crippen LogP contribution is 2.43. The molecule has 38 heavy (non-hydrogen) atoms. The number of rotatable bonds is 5. The number of nitrogens with two attached hydrogens (primary N) is 2. The maximum Gasteiger partial charge on any atom is 0.317 e. The number of aromatic nitrogens is 1. The van der Waals surface area contributed by atoms with Gasteiger partial charge in [-0.05, 0) is 68.7 Å². The molecule has 8 nitrogen and oxygen atoms in total. The Morgan fingerprint density at radius 1 is 1.13 bits per heavy atom. The average Bonchev–Trinajstić information content (AvgIpc) is 3.45. The van der Waals surface area contributed by atoms with Crippen molar-refractivity contribution in [2.45, 2.75) is 84.1 Å². The number of hydrogen-bond donors (Lipinski definition) is 4. The summed E-state index contributed by atoms with van der Waals surface area (Å²) in [5.74, 6) is -1.25. The molecule has 0 saturated heterocycles. The Balaban J connectivity index is 0.000000515. The molecule has 0 spiro atoms. The van der Waals surface area contributed by atoms with Crippen LogP contribution in [0, 0.1) is 11.2 Å². The van der Waals surface area contributed by atoms with Crippen LogP contribution in [-0.2, 0) is 24.1 Å². The quantitative estimate of drug-likeness (QED) is 0.421. The predicted octanol–water partition coefficient (Wildman–Crippen LogP) is 4.42. The predicted molar refractivity (Wildman–Crippen MR) is 147 cm³/mol. The van der Waals surface area contributed by atoms with Crippen LogP contribution >= 0.6 is 0 Å². The van der Waals surface area contributed by atoms with Gasteiger partial charge >= 0.3 is 5.97 Å². The van der Waals surface area contributed by atoms with E-state index in [9.17, 15) is 14.4 Å². The Kier molecular flexibility index (Phi) is 9.84. The summed E-state index contributed by atoms with van der Waals surface area (Å²) in [6, 6.07) is 3.67. The first kappa shape index (κ1) is 29.5. The number of aldehydes is 1. The standard InChI is InChI=1S/C26H31FN2O2.C2H5NO2.CH5N/c1-26(2)13-23-25(24(31)14-26)18-9-6-10-22(18)29(23)17-11-20(27)19(15-30)21(12-17)28-16-7-4-3-5-8-16;3-1-2(4)5;1-2/h11-12,15-16,28H,3-10,13-14H2,1-2H3;1,3H2,(H,4,5);2H2,1H3. The number of hydrogen-bond acceptors (Lipinski definition) is 6. The van der Waals surface area contributed by atoms with Gasteiger partial charge in [0.05, 0.1) is 17.8 Å². The highest BCUT2D eigenvalue weighted by Gasteiger charge is 2.39. The molecule has 3 aliphatic rings. The fraction of sp³-hybridized carbons (Fsp3) is 0.552. The van der Waals surface area contributed by atoms with Gasteiger partial charge < -0.3 is 26.5 Å². The number of halogens is 1. The molecule has 1 heterocycles. The summed E-state index contributed by atoms with van der Waals surface area (Å²) in [7, 11) is 1.50. The van der Waals surface area contributed by atoms with Gasteiger partial charge in [0, 0.05) is 35.1 Å². The minimum absolute atomic E-state index is 0.100. The molecule has 0 atom stereocenters. The number of aliphatic carboxylic acids is 1. The number of benzene rings is 1. The number of carbonyl (C=O) groups is 3. The van der Waals surface area contributed by atoms with Crippen LogP contribution in [-0.4, -0.2) is 47.3 Å². The fourth-order valence-electron chi connectivity index (χ4n) is 5.98. The number of ketones is 1. The topological polar surface area (TPSA) is 140 Å². The molecular weight excluding hydrogens is 487 g/mol. The zero-order valence-corrected chi connectivity index (χ0v) is 22.7. The fourth-order valence-corrected chi connectivity index (χ4v) is 5.98. The van der Waals surface area contributed by atoms with Gasteiger partial charge in [0.15, 0.2) is 12.1 Å². The lowest BCUT2D eigenvalue weighted by Gasteiger charge is -2.30. The normalized spacial score (nSPS) is 17.8. The van der Waals surface area contributed by atoms with Crippen molar-refractivity contribution in [2.24, 2.45) is 16.9 Å². The molecule has 0 amide bonds. The van der Waals surface area contributed by atoms with Gasteiger partial charge in [-0.1, -0.05) is 33.1 Å². The van der Waals surface area contributed by atoms with Gasteiger partial charge in [-0.2, -0.15) is 0 Å². The molecule has 1 saturated carbocycles. The van der Waals surface area contributed by atoms with Gasteiger partial charge in [0.25, 0.3) is 0 Å². The van der Waals surface area contributed by atoms with E-state index in [1.165, 1.54) is 19.5 Å². The molecule has 0 unspecified atom stereocenters. The van der Waals surface area contributed by atoms with Gasteiger partial charge in [-0.25, -0.2) is 4.39 Å². The molecule has 0 radical (unpaired) electrons. The molecule has 208 valence electrons. The molecule has 0 aliphatic heterocycles. The lowest BCUT2D eigenvalue weighted by molar-refractivity contribution is -0.135. The van der Waals surface area contributed by atoms with E-state index < -0.39 is 11.8 Å². The third-order valence-corrected chi connectivity index (χ3v) is 7.51. The molecule has 5 rings (SSSR count). The van der Waals surface area contributed by atoms with Gasteiger partial charge in [0.1, 0.15) is 5.82 Å². The van der Waals surface area contributed by atoms with Crippen molar-refractivity contribution < 1.29 is 23.9 Å². The van der Waals surface area contributed by atoms with Crippen molar-refractivity contribution in [3.63, 3.8) is 0 Å². The molecule has 9 heteroatoms. The smallest absolute Gasteiger partial charge is 0.317 e. The van der Waals surface area contributed by atoms with Crippen molar-refractivity contribution in [2.75, 3.05) is 18.9 Å². The number of anilines is 1. The lowest BCUT2D eigenvalue weighted by Crippen LogP contribution is -2.28. The Morgan fingerprint density at radius 2 is 1.79 bits per heavy atom. The Labute approximate surface area is 224 Å². The number of Topliss-reactive ketones (excluding diaryl/α,β-unsaturated/α-hetero) is 1. The minimum atomic E-state index is -0.968. The number of nitrogens with one attached hydrogen (secondary N) is 1. The molecule has 1 aromatic carbocycles. The summed E-state index contributed by atoms with van der Waals surface area (Å²) >= 11 is 0. The zero-order valence-electron chi connectivity index (χ0n) is 22.7. The van der Waals surface area contributed by atoms with Crippen molar-refractivity contribution in [1.29, 1.82) is 0 Å². The highest BCUT2D eigenvalue weighted by atomic mass is 19.1. The van der Waals surface area contributed by atoms with E-state index in [0.29, 0.717) is 18.4 Å². The average molecular weight is 529 g/mol. The third-order valence-electron chi connectivity index (χ3n) is 7.51. The maximum atomic E-state index is 15.1. The van der Waals surface area contributed by atoms with E-state index in [-0.39, 0.29) is 29.3 Å². The van der Waals surface area contributed by atoms with Gasteiger partial charge in [0.2, 0.25) is 0 Å². The summed E-state index contributed by atoms with van der Waals surface area (Å²) in [5.41, 5.74) is 14.6. The first-order valence-electron chi connectivity index (χ1n) is 13.5. The van der Waals surface area contributed by atoms with E-state index >= 15 is 4.39 Å². The summed E-state index contributed by atoms with van der Waals surface area (Å²) in [4.78, 5) is 34.0. The second kappa shape index (κ2) is 12.7. The van der Waals surface area contributed by atoms with Crippen molar-refractivity contribution >= 4 is 23.7 Å². The largest absolute Gasteiger partial charge is 0.480 e. The SMILES string of the molecule is CC1(C)CC(=O)c2c3c(n(-c4cc(F)c(C=O)c(NC5CCCCC5)c4)c2C1)CCC3.CN.NCC(=O)O. The van der Waals surface area contributed by atoms with Crippen LogP contribution in [0.5, 0.6) is 0 Å². The number of carbonyl (C=O) groups excluding carboxylic acids is 2. The first-order valence-corrected chi connectivity index (χ1v) is 13.5. The molecule has 1 aromatic heterocycles. The number of nitrogens with zero attached hydrogens (tertiary/aromatic N) is 1. The molecule has 2 aromatic rings. The van der Waals surface area contributed by atoms with E-state index in [4.69, 9.17) is 5.11 Å². The number of fused-ring (bicyclic) bond motifs is 3. The van der Waals surface area contributed by atoms with Crippen LogP contribution in [0.4, 0.5) is 10.1 Å². The monoisotopic (exact) mass is 528 g/mol. The van der Waals surface area contributed by atoms with Crippen molar-refractivity contribution in [3.05, 3.63) is 46.0 Å². The minimum Gasteiger partial charge on any atom is -0.480 e. The van der Waals surface area contributed by atoms with E-state index in [0.717, 1.165) is 79.6 Å². The molecular formula is C29H41FN4O4. The summed E-state index contributed by atoms with van der Waals surface area (Å²) in [6.07, 6.45) is 10.5. The van der Waals surface area contributed by atoms with Crippen LogP contribution in [0.2, 0.25) is 0 Å². The van der Waals surface area contributed by atoms with Crippen molar-refractivity contribution in [1.82, 2.24) is 4.57 Å². The molecule has 0 bridgehead atoms. The second-order valence-electron chi connectivity index (χ2n) is 11.0. The number of carboxylic acids is 1. The summed E-state index contributed by atoms with van der Waals surface area (Å²) in [5, 5.41) is 11.1. The highest BCUT2D eigenvalue weighted by molar-refractivity contribution is 6.01. The van der Waals surface area contributed by atoms with E-state index in [2.05, 4.69) is 35.2 Å². The van der Waals surface area contributed by atoms with Gasteiger partial charge in [-0.15, -0.1) is 0 Å². The summed E-state index contributed by atoms with van der Waals surface area (Å²) < 4.78 is 17.3. The lowest BCUT2D eigenvalue weighted by atomic mass is 9.75. The van der Waals surface area contributed by atoms with Crippen LogP contribution in [0.25, 0.3) is 5.69 Å². The molecule has 1 fully saturated rings. The first-order chi connectivity index (χ1) is 18.1.